The van der Waals surface area contributed by atoms with Gasteiger partial charge in [0.2, 0.25) is 0 Å². The van der Waals surface area contributed by atoms with Crippen LogP contribution in [0.1, 0.15) is 116 Å². The van der Waals surface area contributed by atoms with Crippen LogP contribution in [-0.4, -0.2) is 34.8 Å². The van der Waals surface area contributed by atoms with E-state index in [1.807, 2.05) is 37.5 Å². The highest BCUT2D eigenvalue weighted by Gasteiger charge is 2.27. The minimum atomic E-state index is -1.50. The molecule has 1 aromatic heterocycles. The first-order chi connectivity index (χ1) is 19.5. The summed E-state index contributed by atoms with van der Waals surface area (Å²) in [6, 6.07) is 5.96. The lowest BCUT2D eigenvalue weighted by molar-refractivity contribution is -0.157. The highest BCUT2D eigenvalue weighted by atomic mass is 79.9. The predicted octanol–water partition coefficient (Wildman–Crippen LogP) is 9.60. The molecule has 3 rings (SSSR count). The highest BCUT2D eigenvalue weighted by molar-refractivity contribution is 9.10. The van der Waals surface area contributed by atoms with Gasteiger partial charge in [-0.2, -0.15) is 0 Å². The van der Waals surface area contributed by atoms with Crippen molar-refractivity contribution in [3.63, 3.8) is 0 Å². The molecule has 1 aliphatic rings. The molecule has 5 nitrogen and oxygen atoms in total. The molecule has 0 bridgehead atoms. The van der Waals surface area contributed by atoms with Crippen molar-refractivity contribution in [1.29, 1.82) is 0 Å². The van der Waals surface area contributed by atoms with Gasteiger partial charge >= 0.3 is 5.97 Å². The molecule has 0 amide bonds. The summed E-state index contributed by atoms with van der Waals surface area (Å²) in [5, 5.41) is 0. The van der Waals surface area contributed by atoms with Gasteiger partial charge in [0, 0.05) is 18.0 Å². The number of aromatic nitrogens is 2. The molecule has 0 aliphatic heterocycles. The lowest BCUT2D eigenvalue weighted by Crippen LogP contribution is -2.30. The van der Waals surface area contributed by atoms with Gasteiger partial charge in [-0.1, -0.05) is 71.6 Å². The van der Waals surface area contributed by atoms with Crippen molar-refractivity contribution < 1.29 is 18.7 Å². The second-order valence-electron chi connectivity index (χ2n) is 11.3. The van der Waals surface area contributed by atoms with Crippen molar-refractivity contribution in [2.75, 3.05) is 6.61 Å². The molecule has 7 heteroatoms. The first kappa shape index (κ1) is 32.5. The first-order valence-corrected chi connectivity index (χ1v) is 16.4. The van der Waals surface area contributed by atoms with Crippen LogP contribution < -0.4 is 4.74 Å². The molecule has 0 radical (unpaired) electrons. The Balaban J connectivity index is 1.37. The van der Waals surface area contributed by atoms with Crippen LogP contribution in [0.4, 0.5) is 4.39 Å². The third kappa shape index (κ3) is 11.5. The largest absolute Gasteiger partial charge is 0.492 e. The van der Waals surface area contributed by atoms with Crippen LogP contribution in [0.5, 0.6) is 5.75 Å². The van der Waals surface area contributed by atoms with Crippen LogP contribution in [0.15, 0.2) is 35.1 Å². The number of rotatable bonds is 18. The van der Waals surface area contributed by atoms with Crippen molar-refractivity contribution in [2.24, 2.45) is 5.92 Å². The van der Waals surface area contributed by atoms with E-state index in [0.717, 1.165) is 54.3 Å². The standard InChI is InChI=1S/C33H48BrFN2O3/c1-3-5-7-8-9-10-11-12-13-26-22-36-32(37-23-26)27-17-20-31(29(34)21-27)39-24-25-15-18-28(19-16-25)40-33(38)30(35)14-6-4-2/h17,20-23,25,28,30H,3-16,18-19,24H2,1-2H3/t25-,28-,30-/m0/s1. The van der Waals surface area contributed by atoms with Crippen LogP contribution in [0, 0.1) is 5.92 Å². The summed E-state index contributed by atoms with van der Waals surface area (Å²) in [5.74, 6) is 1.20. The van der Waals surface area contributed by atoms with Gasteiger partial charge in [0.05, 0.1) is 11.1 Å². The number of carbonyl (C=O) groups excluding carboxylic acids is 1. The highest BCUT2D eigenvalue weighted by Crippen LogP contribution is 2.32. The van der Waals surface area contributed by atoms with Crippen LogP contribution in [0.2, 0.25) is 0 Å². The molecule has 222 valence electrons. The van der Waals surface area contributed by atoms with Gasteiger partial charge in [0.25, 0.3) is 0 Å². The van der Waals surface area contributed by atoms with E-state index in [0.29, 0.717) is 24.8 Å². The Labute approximate surface area is 249 Å². The third-order valence-corrected chi connectivity index (χ3v) is 8.45. The number of aryl methyl sites for hydroxylation is 1. The van der Waals surface area contributed by atoms with E-state index in [-0.39, 0.29) is 12.5 Å². The topological polar surface area (TPSA) is 61.3 Å². The number of benzene rings is 1. The van der Waals surface area contributed by atoms with Crippen LogP contribution in [0.3, 0.4) is 0 Å². The zero-order valence-electron chi connectivity index (χ0n) is 24.5. The fourth-order valence-electron chi connectivity index (χ4n) is 5.22. The second-order valence-corrected chi connectivity index (χ2v) is 12.1. The number of carbonyl (C=O) groups is 1. The second kappa shape index (κ2) is 18.4. The number of halogens is 2. The fourth-order valence-corrected chi connectivity index (χ4v) is 5.71. The van der Waals surface area contributed by atoms with Crippen molar-refractivity contribution in [3.05, 3.63) is 40.6 Å². The zero-order chi connectivity index (χ0) is 28.6. The number of unbranched alkanes of at least 4 members (excludes halogenated alkanes) is 8. The monoisotopic (exact) mass is 618 g/mol. The number of hydrogen-bond donors (Lipinski definition) is 0. The SMILES string of the molecule is CCCCCCCCCCc1cnc(-c2ccc(OC[C@H]3CC[C@H](OC(=O)[C@@H](F)CCCC)CC3)c(Br)c2)nc1. The molecule has 1 aromatic carbocycles. The molecule has 1 atom stereocenters. The Morgan fingerprint density at radius 3 is 2.25 bits per heavy atom. The maximum absolute atomic E-state index is 13.9. The molecule has 40 heavy (non-hydrogen) atoms. The summed E-state index contributed by atoms with van der Waals surface area (Å²) in [4.78, 5) is 21.2. The van der Waals surface area contributed by atoms with Gasteiger partial charge in [0.1, 0.15) is 11.9 Å². The third-order valence-electron chi connectivity index (χ3n) is 7.83. The van der Waals surface area contributed by atoms with E-state index in [1.54, 1.807) is 0 Å². The van der Waals surface area contributed by atoms with E-state index < -0.39 is 12.1 Å². The molecule has 1 heterocycles. The maximum Gasteiger partial charge on any atom is 0.340 e. The molecule has 0 unspecified atom stereocenters. The molecule has 1 fully saturated rings. The Hall–Kier alpha value is -2.02. The molecule has 1 saturated carbocycles. The summed E-state index contributed by atoms with van der Waals surface area (Å²) in [6.45, 7) is 4.85. The lowest BCUT2D eigenvalue weighted by Gasteiger charge is -2.28. The van der Waals surface area contributed by atoms with E-state index in [4.69, 9.17) is 9.47 Å². The van der Waals surface area contributed by atoms with E-state index in [9.17, 15) is 9.18 Å². The molecule has 2 aromatic rings. The summed E-state index contributed by atoms with van der Waals surface area (Å²) in [6.07, 6.45) is 19.0. The summed E-state index contributed by atoms with van der Waals surface area (Å²) in [7, 11) is 0. The molecular weight excluding hydrogens is 571 g/mol. The normalized spacial score (nSPS) is 17.9. The van der Waals surface area contributed by atoms with Gasteiger partial charge in [-0.15, -0.1) is 0 Å². The zero-order valence-corrected chi connectivity index (χ0v) is 26.1. The molecule has 0 N–H and O–H groups in total. The summed E-state index contributed by atoms with van der Waals surface area (Å²) >= 11 is 3.65. The van der Waals surface area contributed by atoms with Crippen LogP contribution in [0.25, 0.3) is 11.4 Å². The van der Waals surface area contributed by atoms with Crippen molar-refractivity contribution in [1.82, 2.24) is 9.97 Å². The predicted molar refractivity (Wildman–Crippen MR) is 163 cm³/mol. The van der Waals surface area contributed by atoms with Gasteiger partial charge < -0.3 is 9.47 Å². The van der Waals surface area contributed by atoms with Crippen molar-refractivity contribution in [3.8, 4) is 17.1 Å². The van der Waals surface area contributed by atoms with Gasteiger partial charge in [-0.3, -0.25) is 0 Å². The average Bonchev–Trinajstić information content (AvgIpc) is 2.97. The molecule has 1 aliphatic carbocycles. The molecule has 0 spiro atoms. The Kier molecular flexibility index (Phi) is 15.0. The number of esters is 1. The number of alkyl halides is 1. The van der Waals surface area contributed by atoms with Gasteiger partial charge in [0.15, 0.2) is 12.0 Å². The molecular formula is C33H48BrFN2O3. The number of nitrogens with zero attached hydrogens (tertiary/aromatic N) is 2. The first-order valence-electron chi connectivity index (χ1n) is 15.6. The minimum Gasteiger partial charge on any atom is -0.492 e. The Morgan fingerprint density at radius 2 is 1.60 bits per heavy atom. The Bertz CT molecular complexity index is 996. The average molecular weight is 620 g/mol. The van der Waals surface area contributed by atoms with Crippen molar-refractivity contribution in [2.45, 2.75) is 129 Å². The lowest BCUT2D eigenvalue weighted by atomic mass is 9.88. The van der Waals surface area contributed by atoms with Gasteiger partial charge in [-0.05, 0) is 90.6 Å². The molecule has 0 saturated heterocycles. The van der Waals surface area contributed by atoms with Gasteiger partial charge in [-0.25, -0.2) is 19.2 Å². The van der Waals surface area contributed by atoms with E-state index in [1.165, 1.54) is 56.9 Å². The summed E-state index contributed by atoms with van der Waals surface area (Å²) in [5.41, 5.74) is 2.14. The fraction of sp³-hybridized carbons (Fsp3) is 0.667. The Morgan fingerprint density at radius 1 is 0.950 bits per heavy atom. The minimum absolute atomic E-state index is 0.179. The smallest absolute Gasteiger partial charge is 0.340 e. The van der Waals surface area contributed by atoms with Crippen molar-refractivity contribution >= 4 is 21.9 Å². The van der Waals surface area contributed by atoms with Crippen LogP contribution >= 0.6 is 15.9 Å². The maximum atomic E-state index is 13.9. The van der Waals surface area contributed by atoms with E-state index in [2.05, 4.69) is 32.8 Å². The summed E-state index contributed by atoms with van der Waals surface area (Å²) < 4.78 is 26.3. The number of hydrogen-bond acceptors (Lipinski definition) is 5. The quantitative estimate of drug-likeness (QED) is 0.123. The number of ether oxygens (including phenoxy) is 2. The van der Waals surface area contributed by atoms with Crippen LogP contribution in [-0.2, 0) is 16.0 Å². The van der Waals surface area contributed by atoms with E-state index >= 15 is 0 Å².